The standard InChI is InChI=1S/C16H26N2O/c1-3-19-16-9-5-4-8-15(16)13-18(2)12-14-7-6-10-17-11-14/h4-5,8-9,14,17H,3,6-7,10-13H2,1-2H3. The van der Waals surface area contributed by atoms with Gasteiger partial charge in [-0.2, -0.15) is 0 Å². The van der Waals surface area contributed by atoms with Crippen molar-refractivity contribution in [2.24, 2.45) is 5.92 Å². The molecule has 1 aromatic rings. The summed E-state index contributed by atoms with van der Waals surface area (Å²) in [5.41, 5.74) is 1.29. The first-order chi connectivity index (χ1) is 9.29. The summed E-state index contributed by atoms with van der Waals surface area (Å²) in [5, 5.41) is 3.48. The minimum atomic E-state index is 0.729. The van der Waals surface area contributed by atoms with Crippen LogP contribution in [0.4, 0.5) is 0 Å². The highest BCUT2D eigenvalue weighted by atomic mass is 16.5. The highest BCUT2D eigenvalue weighted by Gasteiger charge is 2.15. The van der Waals surface area contributed by atoms with Gasteiger partial charge in [-0.05, 0) is 51.9 Å². The Morgan fingerprint density at radius 2 is 2.21 bits per heavy atom. The Kier molecular flexibility index (Phi) is 5.67. The van der Waals surface area contributed by atoms with E-state index in [0.29, 0.717) is 0 Å². The van der Waals surface area contributed by atoms with Crippen molar-refractivity contribution in [2.45, 2.75) is 26.3 Å². The van der Waals surface area contributed by atoms with Gasteiger partial charge in [-0.25, -0.2) is 0 Å². The maximum atomic E-state index is 5.69. The number of hydrogen-bond donors (Lipinski definition) is 1. The number of hydrogen-bond acceptors (Lipinski definition) is 3. The second-order valence-electron chi connectivity index (χ2n) is 5.45. The summed E-state index contributed by atoms with van der Waals surface area (Å²) in [5.74, 6) is 1.82. The van der Waals surface area contributed by atoms with Gasteiger partial charge in [0.05, 0.1) is 6.61 Å². The van der Waals surface area contributed by atoms with Crippen molar-refractivity contribution in [3.05, 3.63) is 29.8 Å². The van der Waals surface area contributed by atoms with Crippen LogP contribution in [0.25, 0.3) is 0 Å². The third-order valence-electron chi connectivity index (χ3n) is 3.68. The fourth-order valence-electron chi connectivity index (χ4n) is 2.81. The lowest BCUT2D eigenvalue weighted by atomic mass is 9.99. The number of benzene rings is 1. The van der Waals surface area contributed by atoms with Gasteiger partial charge in [-0.1, -0.05) is 18.2 Å². The van der Waals surface area contributed by atoms with E-state index in [0.717, 1.165) is 37.9 Å². The Morgan fingerprint density at radius 1 is 1.37 bits per heavy atom. The molecular formula is C16H26N2O. The molecular weight excluding hydrogens is 236 g/mol. The molecule has 0 amide bonds. The van der Waals surface area contributed by atoms with Crippen molar-refractivity contribution in [2.75, 3.05) is 33.3 Å². The van der Waals surface area contributed by atoms with E-state index in [9.17, 15) is 0 Å². The second-order valence-corrected chi connectivity index (χ2v) is 5.45. The van der Waals surface area contributed by atoms with Crippen LogP contribution < -0.4 is 10.1 Å². The monoisotopic (exact) mass is 262 g/mol. The smallest absolute Gasteiger partial charge is 0.123 e. The first kappa shape index (κ1) is 14.4. The van der Waals surface area contributed by atoms with Crippen molar-refractivity contribution in [1.29, 1.82) is 0 Å². The van der Waals surface area contributed by atoms with Gasteiger partial charge in [0.2, 0.25) is 0 Å². The van der Waals surface area contributed by atoms with Gasteiger partial charge in [0.15, 0.2) is 0 Å². The van der Waals surface area contributed by atoms with E-state index in [-0.39, 0.29) is 0 Å². The van der Waals surface area contributed by atoms with E-state index in [2.05, 4.69) is 35.5 Å². The number of nitrogens with zero attached hydrogens (tertiary/aromatic N) is 1. The van der Waals surface area contributed by atoms with Crippen molar-refractivity contribution in [3.8, 4) is 5.75 Å². The van der Waals surface area contributed by atoms with Crippen molar-refractivity contribution >= 4 is 0 Å². The number of nitrogens with one attached hydrogen (secondary N) is 1. The molecule has 1 heterocycles. The van der Waals surface area contributed by atoms with Gasteiger partial charge in [-0.3, -0.25) is 0 Å². The van der Waals surface area contributed by atoms with E-state index >= 15 is 0 Å². The molecule has 1 atom stereocenters. The molecule has 0 saturated carbocycles. The molecule has 19 heavy (non-hydrogen) atoms. The quantitative estimate of drug-likeness (QED) is 0.852. The maximum Gasteiger partial charge on any atom is 0.123 e. The third-order valence-corrected chi connectivity index (χ3v) is 3.68. The largest absolute Gasteiger partial charge is 0.494 e. The normalized spacial score (nSPS) is 19.6. The average molecular weight is 262 g/mol. The summed E-state index contributed by atoms with van der Waals surface area (Å²) >= 11 is 0. The zero-order chi connectivity index (χ0) is 13.5. The summed E-state index contributed by atoms with van der Waals surface area (Å²) in [4.78, 5) is 2.41. The molecule has 1 aliphatic rings. The van der Waals surface area contributed by atoms with Crippen LogP contribution in [0.5, 0.6) is 5.75 Å². The summed E-state index contributed by atoms with van der Waals surface area (Å²) < 4.78 is 5.69. The summed E-state index contributed by atoms with van der Waals surface area (Å²) in [6.45, 7) is 7.24. The predicted molar refractivity (Wildman–Crippen MR) is 79.5 cm³/mol. The minimum absolute atomic E-state index is 0.729. The number of para-hydroxylation sites is 1. The van der Waals surface area contributed by atoms with E-state index in [1.807, 2.05) is 13.0 Å². The Bertz CT molecular complexity index is 375. The molecule has 1 saturated heterocycles. The third kappa shape index (κ3) is 4.51. The average Bonchev–Trinajstić information content (AvgIpc) is 2.42. The second kappa shape index (κ2) is 7.51. The van der Waals surface area contributed by atoms with Crippen LogP contribution in [0.3, 0.4) is 0 Å². The van der Waals surface area contributed by atoms with Crippen LogP contribution in [0, 0.1) is 5.92 Å². The SMILES string of the molecule is CCOc1ccccc1CN(C)CC1CCCNC1. The van der Waals surface area contributed by atoms with Crippen LogP contribution in [-0.2, 0) is 6.54 Å². The van der Waals surface area contributed by atoms with Crippen LogP contribution >= 0.6 is 0 Å². The van der Waals surface area contributed by atoms with Gasteiger partial charge in [0.25, 0.3) is 0 Å². The molecule has 0 aromatic heterocycles. The van der Waals surface area contributed by atoms with Crippen LogP contribution in [0.1, 0.15) is 25.3 Å². The summed E-state index contributed by atoms with van der Waals surface area (Å²) in [6.07, 6.45) is 2.67. The lowest BCUT2D eigenvalue weighted by Gasteiger charge is -2.28. The summed E-state index contributed by atoms with van der Waals surface area (Å²) in [7, 11) is 2.21. The molecule has 1 aromatic carbocycles. The van der Waals surface area contributed by atoms with Crippen LogP contribution in [0.2, 0.25) is 0 Å². The molecule has 1 fully saturated rings. The molecule has 0 bridgehead atoms. The molecule has 3 nitrogen and oxygen atoms in total. The highest BCUT2D eigenvalue weighted by molar-refractivity contribution is 5.33. The lowest BCUT2D eigenvalue weighted by Crippen LogP contribution is -2.36. The lowest BCUT2D eigenvalue weighted by molar-refractivity contribution is 0.233. The molecule has 106 valence electrons. The molecule has 0 spiro atoms. The van der Waals surface area contributed by atoms with E-state index in [1.165, 1.54) is 24.9 Å². The molecule has 1 N–H and O–H groups in total. The number of piperidine rings is 1. The zero-order valence-electron chi connectivity index (χ0n) is 12.2. The van der Waals surface area contributed by atoms with Crippen LogP contribution in [0.15, 0.2) is 24.3 Å². The first-order valence-electron chi connectivity index (χ1n) is 7.39. The van der Waals surface area contributed by atoms with Crippen molar-refractivity contribution < 1.29 is 4.74 Å². The maximum absolute atomic E-state index is 5.69. The van der Waals surface area contributed by atoms with E-state index in [4.69, 9.17) is 4.74 Å². The van der Waals surface area contributed by atoms with E-state index in [1.54, 1.807) is 0 Å². The predicted octanol–water partition coefficient (Wildman–Crippen LogP) is 2.52. The Hall–Kier alpha value is -1.06. The van der Waals surface area contributed by atoms with Crippen molar-refractivity contribution in [3.63, 3.8) is 0 Å². The number of rotatable bonds is 6. The van der Waals surface area contributed by atoms with Crippen LogP contribution in [-0.4, -0.2) is 38.2 Å². The van der Waals surface area contributed by atoms with Gasteiger partial charge in [0.1, 0.15) is 5.75 Å². The van der Waals surface area contributed by atoms with Gasteiger partial charge < -0.3 is 15.0 Å². The Labute approximate surface area is 116 Å². The molecule has 1 aliphatic heterocycles. The molecule has 0 radical (unpaired) electrons. The van der Waals surface area contributed by atoms with Gasteiger partial charge in [0, 0.05) is 18.7 Å². The topological polar surface area (TPSA) is 24.5 Å². The molecule has 1 unspecified atom stereocenters. The fraction of sp³-hybridized carbons (Fsp3) is 0.625. The van der Waals surface area contributed by atoms with Gasteiger partial charge >= 0.3 is 0 Å². The zero-order valence-corrected chi connectivity index (χ0v) is 12.2. The first-order valence-corrected chi connectivity index (χ1v) is 7.39. The Morgan fingerprint density at radius 3 is 2.95 bits per heavy atom. The number of ether oxygens (including phenoxy) is 1. The van der Waals surface area contributed by atoms with Crippen molar-refractivity contribution in [1.82, 2.24) is 10.2 Å². The van der Waals surface area contributed by atoms with Gasteiger partial charge in [-0.15, -0.1) is 0 Å². The highest BCUT2D eigenvalue weighted by Crippen LogP contribution is 2.20. The molecule has 0 aliphatic carbocycles. The minimum Gasteiger partial charge on any atom is -0.494 e. The Balaban J connectivity index is 1.88. The fourth-order valence-corrected chi connectivity index (χ4v) is 2.81. The summed E-state index contributed by atoms with van der Waals surface area (Å²) in [6, 6.07) is 8.36. The molecule has 3 heteroatoms. The van der Waals surface area contributed by atoms with E-state index < -0.39 is 0 Å². The molecule has 2 rings (SSSR count).